The Labute approximate surface area is 124 Å². The molecule has 1 rings (SSSR count). The third kappa shape index (κ3) is 6.50. The molecular formula is C17H28O2Si. The summed E-state index contributed by atoms with van der Waals surface area (Å²) in [5.41, 5.74) is 1.19. The fraction of sp³-hybridized carbons (Fsp3) is 0.529. The molecule has 2 atom stereocenters. The van der Waals surface area contributed by atoms with E-state index in [4.69, 9.17) is 4.74 Å². The number of benzene rings is 1. The smallest absolute Gasteiger partial charge is 0.0731 e. The van der Waals surface area contributed by atoms with Crippen molar-refractivity contribution in [2.45, 2.75) is 58.7 Å². The average Bonchev–Trinajstić information content (AvgIpc) is 2.35. The lowest BCUT2D eigenvalue weighted by molar-refractivity contribution is 0.0834. The Morgan fingerprint density at radius 1 is 1.20 bits per heavy atom. The second-order valence-corrected chi connectivity index (χ2v) is 11.6. The van der Waals surface area contributed by atoms with Crippen LogP contribution < -0.4 is 0 Å². The van der Waals surface area contributed by atoms with Crippen LogP contribution in [0.1, 0.15) is 25.8 Å². The molecular weight excluding hydrogens is 264 g/mol. The van der Waals surface area contributed by atoms with Crippen LogP contribution in [0.25, 0.3) is 0 Å². The minimum Gasteiger partial charge on any atom is -0.393 e. The molecule has 3 heteroatoms. The van der Waals surface area contributed by atoms with Crippen molar-refractivity contribution in [3.63, 3.8) is 0 Å². The molecule has 0 saturated heterocycles. The molecule has 0 fully saturated rings. The minimum atomic E-state index is -1.40. The summed E-state index contributed by atoms with van der Waals surface area (Å²) in [6.07, 6.45) is 2.77. The maximum Gasteiger partial charge on any atom is 0.0731 e. The summed E-state index contributed by atoms with van der Waals surface area (Å²) in [6.45, 7) is 11.5. The van der Waals surface area contributed by atoms with Gasteiger partial charge in [0.2, 0.25) is 0 Å². The van der Waals surface area contributed by atoms with Crippen molar-refractivity contribution in [3.05, 3.63) is 47.2 Å². The lowest BCUT2D eigenvalue weighted by atomic mass is 10.2. The van der Waals surface area contributed by atoms with E-state index in [0.717, 1.165) is 6.42 Å². The van der Waals surface area contributed by atoms with Crippen LogP contribution in [0.4, 0.5) is 0 Å². The SMILES string of the molecule is C[C@H](O)C/C(=C\[C@H](C)OCc1ccccc1)[Si](C)(C)C. The summed E-state index contributed by atoms with van der Waals surface area (Å²) >= 11 is 0. The molecule has 1 aromatic rings. The number of ether oxygens (including phenoxy) is 1. The van der Waals surface area contributed by atoms with E-state index in [1.165, 1.54) is 10.8 Å². The van der Waals surface area contributed by atoms with Gasteiger partial charge in [0.1, 0.15) is 0 Å². The van der Waals surface area contributed by atoms with Crippen molar-refractivity contribution < 1.29 is 9.84 Å². The monoisotopic (exact) mass is 292 g/mol. The van der Waals surface area contributed by atoms with Crippen LogP contribution in [0.3, 0.4) is 0 Å². The molecule has 0 radical (unpaired) electrons. The Morgan fingerprint density at radius 3 is 2.30 bits per heavy atom. The number of hydrogen-bond acceptors (Lipinski definition) is 2. The predicted octanol–water partition coefficient (Wildman–Crippen LogP) is 4.17. The topological polar surface area (TPSA) is 29.5 Å². The molecule has 0 amide bonds. The first-order valence-corrected chi connectivity index (χ1v) is 10.8. The van der Waals surface area contributed by atoms with Crippen LogP contribution >= 0.6 is 0 Å². The Hall–Kier alpha value is -0.903. The van der Waals surface area contributed by atoms with E-state index >= 15 is 0 Å². The molecule has 0 aromatic heterocycles. The summed E-state index contributed by atoms with van der Waals surface area (Å²) < 4.78 is 5.90. The quantitative estimate of drug-likeness (QED) is 0.764. The van der Waals surface area contributed by atoms with Crippen molar-refractivity contribution in [1.82, 2.24) is 0 Å². The Morgan fingerprint density at radius 2 is 1.80 bits per heavy atom. The van der Waals surface area contributed by atoms with Crippen molar-refractivity contribution in [3.8, 4) is 0 Å². The minimum absolute atomic E-state index is 0.0793. The van der Waals surface area contributed by atoms with E-state index in [1.807, 2.05) is 25.1 Å². The highest BCUT2D eigenvalue weighted by Crippen LogP contribution is 2.21. The van der Waals surface area contributed by atoms with Gasteiger partial charge >= 0.3 is 0 Å². The zero-order valence-corrected chi connectivity index (χ0v) is 14.4. The van der Waals surface area contributed by atoms with Gasteiger partial charge in [0.15, 0.2) is 0 Å². The Kier molecular flexibility index (Phi) is 6.66. The molecule has 0 spiro atoms. The Balaban J connectivity index is 2.64. The third-order valence-electron chi connectivity index (χ3n) is 3.27. The van der Waals surface area contributed by atoms with Gasteiger partial charge in [0.05, 0.1) is 26.9 Å². The van der Waals surface area contributed by atoms with Gasteiger partial charge in [-0.25, -0.2) is 0 Å². The van der Waals surface area contributed by atoms with Crippen LogP contribution in [-0.4, -0.2) is 25.4 Å². The molecule has 20 heavy (non-hydrogen) atoms. The van der Waals surface area contributed by atoms with Gasteiger partial charge in [-0.2, -0.15) is 0 Å². The summed E-state index contributed by atoms with van der Waals surface area (Å²) in [5, 5.41) is 11.0. The number of rotatable bonds is 7. The highest BCUT2D eigenvalue weighted by atomic mass is 28.3. The van der Waals surface area contributed by atoms with Crippen molar-refractivity contribution in [2.24, 2.45) is 0 Å². The van der Waals surface area contributed by atoms with E-state index in [-0.39, 0.29) is 12.2 Å². The maximum absolute atomic E-state index is 9.65. The van der Waals surface area contributed by atoms with E-state index in [2.05, 4.69) is 44.8 Å². The van der Waals surface area contributed by atoms with Gasteiger partial charge in [-0.05, 0) is 25.8 Å². The van der Waals surface area contributed by atoms with E-state index in [1.54, 1.807) is 0 Å². The second-order valence-electron chi connectivity index (χ2n) is 6.50. The maximum atomic E-state index is 9.65. The fourth-order valence-corrected chi connectivity index (χ4v) is 3.72. The van der Waals surface area contributed by atoms with Crippen LogP contribution in [0.15, 0.2) is 41.6 Å². The summed E-state index contributed by atoms with van der Waals surface area (Å²) in [5.74, 6) is 0. The highest BCUT2D eigenvalue weighted by Gasteiger charge is 2.21. The molecule has 0 aliphatic carbocycles. The van der Waals surface area contributed by atoms with Crippen LogP contribution in [0.2, 0.25) is 19.6 Å². The lowest BCUT2D eigenvalue weighted by Crippen LogP contribution is -2.28. The molecule has 0 bridgehead atoms. The molecule has 2 nitrogen and oxygen atoms in total. The largest absolute Gasteiger partial charge is 0.393 e. The summed E-state index contributed by atoms with van der Waals surface area (Å²) in [6, 6.07) is 10.2. The lowest BCUT2D eigenvalue weighted by Gasteiger charge is -2.24. The summed E-state index contributed by atoms with van der Waals surface area (Å²) in [7, 11) is -1.40. The number of aliphatic hydroxyl groups is 1. The summed E-state index contributed by atoms with van der Waals surface area (Å²) in [4.78, 5) is 0. The molecule has 0 aliphatic rings. The average molecular weight is 292 g/mol. The Bertz CT molecular complexity index is 418. The first kappa shape index (κ1) is 17.1. The first-order chi connectivity index (χ1) is 9.29. The van der Waals surface area contributed by atoms with Crippen molar-refractivity contribution in [2.75, 3.05) is 0 Å². The predicted molar refractivity (Wildman–Crippen MR) is 88.4 cm³/mol. The van der Waals surface area contributed by atoms with E-state index < -0.39 is 8.07 Å². The zero-order valence-electron chi connectivity index (χ0n) is 13.4. The molecule has 1 N–H and O–H groups in total. The van der Waals surface area contributed by atoms with E-state index in [9.17, 15) is 5.11 Å². The van der Waals surface area contributed by atoms with Crippen LogP contribution in [-0.2, 0) is 11.3 Å². The zero-order chi connectivity index (χ0) is 15.2. The molecule has 0 unspecified atom stereocenters. The van der Waals surface area contributed by atoms with Gasteiger partial charge in [-0.1, -0.05) is 61.2 Å². The fourth-order valence-electron chi connectivity index (χ4n) is 2.08. The van der Waals surface area contributed by atoms with Gasteiger partial charge in [-0.15, -0.1) is 0 Å². The van der Waals surface area contributed by atoms with Crippen molar-refractivity contribution >= 4 is 8.07 Å². The van der Waals surface area contributed by atoms with E-state index in [0.29, 0.717) is 6.61 Å². The highest BCUT2D eigenvalue weighted by molar-refractivity contribution is 6.83. The molecule has 112 valence electrons. The molecule has 0 heterocycles. The van der Waals surface area contributed by atoms with Gasteiger partial charge in [-0.3, -0.25) is 0 Å². The number of hydrogen-bond donors (Lipinski definition) is 1. The molecule has 0 aliphatic heterocycles. The van der Waals surface area contributed by atoms with Gasteiger partial charge in [0.25, 0.3) is 0 Å². The third-order valence-corrected chi connectivity index (χ3v) is 5.57. The van der Waals surface area contributed by atoms with Crippen molar-refractivity contribution in [1.29, 1.82) is 0 Å². The normalized spacial score (nSPS) is 16.0. The standard InChI is InChI=1S/C17H28O2Si/c1-14(18)11-17(20(3,4)5)12-15(2)19-13-16-9-7-6-8-10-16/h6-10,12,14-15,18H,11,13H2,1-5H3/b17-12+/t14-,15-/m0/s1. The molecule has 0 saturated carbocycles. The van der Waals surface area contributed by atoms with Crippen LogP contribution in [0, 0.1) is 0 Å². The van der Waals surface area contributed by atoms with Gasteiger partial charge in [0, 0.05) is 0 Å². The number of aliphatic hydroxyl groups excluding tert-OH is 1. The van der Waals surface area contributed by atoms with Gasteiger partial charge < -0.3 is 9.84 Å². The second kappa shape index (κ2) is 7.77. The molecule has 1 aromatic carbocycles. The van der Waals surface area contributed by atoms with Crippen LogP contribution in [0.5, 0.6) is 0 Å². The first-order valence-electron chi connectivity index (χ1n) is 7.34.